The zero-order chi connectivity index (χ0) is 29.2. The highest BCUT2D eigenvalue weighted by Crippen LogP contribution is 2.69. The van der Waals surface area contributed by atoms with Crippen LogP contribution in [0.3, 0.4) is 0 Å². The van der Waals surface area contributed by atoms with Gasteiger partial charge >= 0.3 is 5.97 Å². The van der Waals surface area contributed by atoms with E-state index in [2.05, 4.69) is 127 Å². The molecule has 214 valence electrons. The zero-order valence-electron chi connectivity index (χ0n) is 25.6. The Balaban J connectivity index is 2.08. The maximum Gasteiger partial charge on any atom is 0.303 e. The van der Waals surface area contributed by atoms with Gasteiger partial charge in [0.05, 0.1) is 0 Å². The molecule has 3 aromatic rings. The topological polar surface area (TPSA) is 46.5 Å². The fourth-order valence-corrected chi connectivity index (χ4v) is 16.4. The van der Waals surface area contributed by atoms with Crippen molar-refractivity contribution >= 4 is 24.4 Å². The van der Waals surface area contributed by atoms with E-state index in [1.54, 1.807) is 0 Å². The molecule has 1 aliphatic heterocycles. The molecular formula is C36H48O3Si. The van der Waals surface area contributed by atoms with Gasteiger partial charge in [-0.25, -0.2) is 0 Å². The molecule has 0 saturated carbocycles. The highest BCUT2D eigenvalue weighted by Gasteiger charge is 2.71. The van der Waals surface area contributed by atoms with Crippen molar-refractivity contribution in [3.05, 3.63) is 90.0 Å². The maximum atomic E-state index is 12.3. The first-order chi connectivity index (χ1) is 18.9. The van der Waals surface area contributed by atoms with Crippen LogP contribution in [0, 0.1) is 0 Å². The maximum absolute atomic E-state index is 12.3. The molecule has 0 radical (unpaired) electrons. The van der Waals surface area contributed by atoms with E-state index in [9.17, 15) is 9.90 Å². The second-order valence-corrected chi connectivity index (χ2v) is 18.3. The van der Waals surface area contributed by atoms with Crippen molar-refractivity contribution < 1.29 is 14.6 Å². The molecule has 0 saturated heterocycles. The lowest BCUT2D eigenvalue weighted by Gasteiger charge is -2.66. The van der Waals surface area contributed by atoms with E-state index >= 15 is 0 Å². The second-order valence-electron chi connectivity index (χ2n) is 13.3. The molecule has 2 atom stereocenters. The van der Waals surface area contributed by atoms with Gasteiger partial charge in [-0.1, -0.05) is 131 Å². The van der Waals surface area contributed by atoms with Crippen molar-refractivity contribution in [3.63, 3.8) is 0 Å². The predicted octanol–water partition coefficient (Wildman–Crippen LogP) is 8.36. The second kappa shape index (κ2) is 11.6. The number of carboxylic acids is 1. The summed E-state index contributed by atoms with van der Waals surface area (Å²) in [4.78, 5) is 12.3. The number of rotatable bonds is 10. The smallest absolute Gasteiger partial charge is 0.303 e. The molecule has 1 N–H and O–H groups in total. The lowest BCUT2D eigenvalue weighted by molar-refractivity contribution is -0.137. The standard InChI is InChI=1S/C36H48O3Si/c1-8-9-12-17-28-22-23-31-27(2)36(25-24-33(37)38,35(6,7)39-32(31)26-28)40(34(3,4)5,29-18-13-10-14-19-29)30-20-15-11-16-21-30/h10-11,13-16,18-23,26-27H,8-9,12,17,24-25H2,1-7H3,(H,37,38). The van der Waals surface area contributed by atoms with Crippen LogP contribution in [0.2, 0.25) is 10.1 Å². The van der Waals surface area contributed by atoms with Gasteiger partial charge in [-0.3, -0.25) is 4.79 Å². The average Bonchev–Trinajstić information content (AvgIpc) is 2.90. The first kappa shape index (κ1) is 30.1. The van der Waals surface area contributed by atoms with Gasteiger partial charge in [0, 0.05) is 11.5 Å². The highest BCUT2D eigenvalue weighted by molar-refractivity contribution is 7.06. The SMILES string of the molecule is CCCCCc1ccc2c(c1)OC(C)(C)C(CCC(=O)O)([Si](c1ccccc1)(c1ccccc1)C(C)(C)C)C2C. The fraction of sp³-hybridized carbons (Fsp3) is 0.472. The number of aliphatic carboxylic acids is 1. The van der Waals surface area contributed by atoms with Crippen molar-refractivity contribution in [3.8, 4) is 5.75 Å². The Hall–Kier alpha value is -2.85. The summed E-state index contributed by atoms with van der Waals surface area (Å²) >= 11 is 0. The Morgan fingerprint density at radius 2 is 1.50 bits per heavy atom. The molecule has 1 aliphatic rings. The van der Waals surface area contributed by atoms with Crippen LogP contribution in [-0.4, -0.2) is 24.8 Å². The van der Waals surface area contributed by atoms with Crippen molar-refractivity contribution in [2.45, 2.75) is 109 Å². The van der Waals surface area contributed by atoms with E-state index in [0.717, 1.165) is 12.2 Å². The Morgan fingerprint density at radius 3 is 2.00 bits per heavy atom. The summed E-state index contributed by atoms with van der Waals surface area (Å²) < 4.78 is 7.17. The minimum Gasteiger partial charge on any atom is -0.487 e. The molecule has 0 spiro atoms. The molecule has 4 heteroatoms. The Bertz CT molecular complexity index is 1250. The summed E-state index contributed by atoms with van der Waals surface area (Å²) in [5.41, 5.74) is 1.90. The summed E-state index contributed by atoms with van der Waals surface area (Å²) in [6.45, 7) is 16.2. The minimum absolute atomic E-state index is 0.0848. The Kier molecular flexibility index (Phi) is 8.70. The van der Waals surface area contributed by atoms with Crippen LogP contribution in [-0.2, 0) is 11.2 Å². The quantitative estimate of drug-likeness (QED) is 0.202. The molecule has 4 rings (SSSR count). The largest absolute Gasteiger partial charge is 0.487 e. The van der Waals surface area contributed by atoms with Crippen LogP contribution in [0.4, 0.5) is 0 Å². The molecule has 3 aromatic carbocycles. The molecule has 2 unspecified atom stereocenters. The lowest BCUT2D eigenvalue weighted by Crippen LogP contribution is -2.78. The number of hydrogen-bond acceptors (Lipinski definition) is 2. The van der Waals surface area contributed by atoms with Crippen molar-refractivity contribution in [2.75, 3.05) is 0 Å². The van der Waals surface area contributed by atoms with Gasteiger partial charge in [0.1, 0.15) is 19.4 Å². The molecule has 0 aliphatic carbocycles. The van der Waals surface area contributed by atoms with Gasteiger partial charge in [0.2, 0.25) is 0 Å². The summed E-state index contributed by atoms with van der Waals surface area (Å²) in [6, 6.07) is 28.8. The molecule has 0 aromatic heterocycles. The fourth-order valence-electron chi connectivity index (χ4n) is 8.29. The van der Waals surface area contributed by atoms with Gasteiger partial charge in [-0.05, 0) is 61.3 Å². The third-order valence-corrected chi connectivity index (χ3v) is 17.0. The van der Waals surface area contributed by atoms with Gasteiger partial charge in [0.25, 0.3) is 0 Å². The lowest BCUT2D eigenvalue weighted by atomic mass is 9.71. The van der Waals surface area contributed by atoms with Gasteiger partial charge in [-0.15, -0.1) is 0 Å². The van der Waals surface area contributed by atoms with E-state index in [1.807, 2.05) is 0 Å². The van der Waals surface area contributed by atoms with Crippen LogP contribution in [0.1, 0.15) is 97.6 Å². The summed E-state index contributed by atoms with van der Waals surface area (Å²) in [5.74, 6) is 0.300. The van der Waals surface area contributed by atoms with E-state index < -0.39 is 24.7 Å². The van der Waals surface area contributed by atoms with Crippen LogP contribution >= 0.6 is 0 Å². The van der Waals surface area contributed by atoms with E-state index in [4.69, 9.17) is 4.74 Å². The Labute approximate surface area is 243 Å². The third-order valence-electron chi connectivity index (χ3n) is 9.73. The number of benzene rings is 3. The van der Waals surface area contributed by atoms with Crippen molar-refractivity contribution in [1.82, 2.24) is 0 Å². The van der Waals surface area contributed by atoms with E-state index in [1.165, 1.54) is 40.8 Å². The number of unbranched alkanes of at least 4 members (excludes halogenated alkanes) is 2. The van der Waals surface area contributed by atoms with Gasteiger partial charge in [0.15, 0.2) is 0 Å². The van der Waals surface area contributed by atoms with Crippen LogP contribution in [0.25, 0.3) is 0 Å². The third kappa shape index (κ3) is 4.93. The molecule has 0 bridgehead atoms. The zero-order valence-corrected chi connectivity index (χ0v) is 26.6. The van der Waals surface area contributed by atoms with E-state index in [-0.39, 0.29) is 17.4 Å². The van der Waals surface area contributed by atoms with Crippen molar-refractivity contribution in [2.24, 2.45) is 0 Å². The molecule has 0 fully saturated rings. The number of carbonyl (C=O) groups is 1. The molecule has 40 heavy (non-hydrogen) atoms. The number of aryl methyl sites for hydroxylation is 1. The number of carboxylic acid groups (broad SMARTS) is 1. The monoisotopic (exact) mass is 556 g/mol. The number of hydrogen-bond donors (Lipinski definition) is 1. The average molecular weight is 557 g/mol. The van der Waals surface area contributed by atoms with Crippen molar-refractivity contribution in [1.29, 1.82) is 0 Å². The number of fused-ring (bicyclic) bond motifs is 1. The summed E-state index contributed by atoms with van der Waals surface area (Å²) in [5, 5.41) is 12.2. The summed E-state index contributed by atoms with van der Waals surface area (Å²) in [7, 11) is -2.86. The molecule has 0 amide bonds. The predicted molar refractivity (Wildman–Crippen MR) is 170 cm³/mol. The first-order valence-corrected chi connectivity index (χ1v) is 17.1. The van der Waals surface area contributed by atoms with Gasteiger partial charge in [-0.2, -0.15) is 0 Å². The summed E-state index contributed by atoms with van der Waals surface area (Å²) in [6.07, 6.45) is 5.31. The van der Waals surface area contributed by atoms with Crippen LogP contribution in [0.15, 0.2) is 78.9 Å². The minimum atomic E-state index is -2.86. The highest BCUT2D eigenvalue weighted by atomic mass is 28.3. The van der Waals surface area contributed by atoms with E-state index in [0.29, 0.717) is 6.42 Å². The molecule has 3 nitrogen and oxygen atoms in total. The van der Waals surface area contributed by atoms with Gasteiger partial charge < -0.3 is 9.84 Å². The Morgan fingerprint density at radius 1 is 0.925 bits per heavy atom. The first-order valence-electron chi connectivity index (χ1n) is 15.1. The van der Waals surface area contributed by atoms with Crippen LogP contribution in [0.5, 0.6) is 5.75 Å². The van der Waals surface area contributed by atoms with Crippen LogP contribution < -0.4 is 15.1 Å². The molecule has 1 heterocycles. The molecular weight excluding hydrogens is 508 g/mol. The normalized spacial score (nSPS) is 20.4. The number of ether oxygens (including phenoxy) is 1.